The molecule has 4 fully saturated rings. The van der Waals surface area contributed by atoms with E-state index in [-0.39, 0.29) is 10.8 Å². The molecule has 6 aliphatic carbocycles. The van der Waals surface area contributed by atoms with E-state index in [2.05, 4.69) is 164 Å². The molecule has 2 nitrogen and oxygen atoms in total. The van der Waals surface area contributed by atoms with Gasteiger partial charge in [-0.15, -0.1) is 0 Å². The number of rotatable bonds is 4. The molecule has 56 heavy (non-hydrogen) atoms. The molecule has 6 aliphatic rings. The summed E-state index contributed by atoms with van der Waals surface area (Å²) in [6.45, 7) is 4.73. The quantitative estimate of drug-likeness (QED) is 0.180. The second-order valence-corrected chi connectivity index (χ2v) is 18.4. The van der Waals surface area contributed by atoms with E-state index >= 15 is 0 Å². The molecule has 0 saturated heterocycles. The molecule has 14 rings (SSSR count). The second-order valence-electron chi connectivity index (χ2n) is 18.4. The zero-order valence-corrected chi connectivity index (χ0v) is 31.7. The molecule has 268 valence electrons. The van der Waals surface area contributed by atoms with Gasteiger partial charge in [0.05, 0.1) is 0 Å². The second kappa shape index (κ2) is 9.92. The van der Waals surface area contributed by atoms with Gasteiger partial charge in [0.25, 0.3) is 0 Å². The summed E-state index contributed by atoms with van der Waals surface area (Å²) in [5.74, 6) is 3.69. The lowest BCUT2D eigenvalue weighted by Crippen LogP contribution is -2.88. The molecule has 1 aromatic heterocycles. The van der Waals surface area contributed by atoms with Crippen molar-refractivity contribution in [3.8, 4) is 33.4 Å². The van der Waals surface area contributed by atoms with Crippen LogP contribution in [-0.2, 0) is 10.8 Å². The highest BCUT2D eigenvalue weighted by Crippen LogP contribution is 2.95. The fourth-order valence-electron chi connectivity index (χ4n) is 14.2. The third kappa shape index (κ3) is 3.26. The van der Waals surface area contributed by atoms with Gasteiger partial charge in [0.1, 0.15) is 11.2 Å². The van der Waals surface area contributed by atoms with Crippen molar-refractivity contribution in [2.75, 3.05) is 4.90 Å². The van der Waals surface area contributed by atoms with Gasteiger partial charge < -0.3 is 9.32 Å². The number of nitrogens with zero attached hydrogens (tertiary/aromatic N) is 1. The van der Waals surface area contributed by atoms with E-state index < -0.39 is 0 Å². The Hall–Kier alpha value is -5.86. The molecule has 0 aliphatic heterocycles. The first-order chi connectivity index (χ1) is 27.5. The number of fused-ring (bicyclic) bond motifs is 13. The normalized spacial score (nSPS) is 27.2. The van der Waals surface area contributed by atoms with Crippen molar-refractivity contribution in [3.63, 3.8) is 0 Å². The summed E-state index contributed by atoms with van der Waals surface area (Å²) in [5.41, 5.74) is 20.3. The van der Waals surface area contributed by atoms with Crippen LogP contribution in [0.25, 0.3) is 55.3 Å². The maximum Gasteiger partial charge on any atom is 0.137 e. The molecule has 4 unspecified atom stereocenters. The van der Waals surface area contributed by atoms with E-state index in [1.54, 1.807) is 11.1 Å². The van der Waals surface area contributed by atoms with Crippen LogP contribution in [0, 0.1) is 29.1 Å². The standard InChI is InChI=1S/C54H41NO/c1-52(2)43-14-6-3-10-38(43)39-24-22-35(29-46(39)52)55(36-23-25-41-40-11-5-8-17-47(40)56-48(41)30-36)34-20-18-31(19-21-34)37-13-9-16-45-51(37)42-12-4-7-15-44(42)54(45)49-27-32-26-33-28-50(54)53(32,33)49/h3-25,29-30,32-33,49-50H,26-28H2,1-2H3. The van der Waals surface area contributed by atoms with Crippen LogP contribution in [0.3, 0.4) is 0 Å². The predicted octanol–water partition coefficient (Wildman–Crippen LogP) is 14.0. The Morgan fingerprint density at radius 3 is 1.93 bits per heavy atom. The van der Waals surface area contributed by atoms with Crippen molar-refractivity contribution in [2.24, 2.45) is 29.1 Å². The highest BCUT2D eigenvalue weighted by Gasteiger charge is 2.90. The Labute approximate surface area is 327 Å². The van der Waals surface area contributed by atoms with Crippen LogP contribution < -0.4 is 4.90 Å². The summed E-state index contributed by atoms with van der Waals surface area (Å²) in [5, 5.41) is 2.30. The van der Waals surface area contributed by atoms with Gasteiger partial charge >= 0.3 is 0 Å². The average molecular weight is 720 g/mol. The fourth-order valence-corrected chi connectivity index (χ4v) is 14.2. The van der Waals surface area contributed by atoms with Crippen molar-refractivity contribution in [2.45, 2.75) is 43.9 Å². The lowest BCUT2D eigenvalue weighted by Gasteiger charge is -2.92. The maximum absolute atomic E-state index is 6.46. The monoisotopic (exact) mass is 719 g/mol. The van der Waals surface area contributed by atoms with Gasteiger partial charge in [-0.3, -0.25) is 0 Å². The summed E-state index contributed by atoms with van der Waals surface area (Å²) in [7, 11) is 0. The van der Waals surface area contributed by atoms with Gasteiger partial charge in [-0.1, -0.05) is 117 Å². The Bertz CT molecular complexity index is 3010. The minimum absolute atomic E-state index is 0.0962. The molecule has 1 heterocycles. The van der Waals surface area contributed by atoms with E-state index in [1.807, 2.05) is 6.07 Å². The molecule has 4 saturated carbocycles. The summed E-state index contributed by atoms with van der Waals surface area (Å²) in [4.78, 5) is 2.42. The molecule has 0 radical (unpaired) electrons. The first kappa shape index (κ1) is 30.4. The first-order valence-electron chi connectivity index (χ1n) is 20.8. The summed E-state index contributed by atoms with van der Waals surface area (Å²) in [6.07, 6.45) is 4.37. The predicted molar refractivity (Wildman–Crippen MR) is 228 cm³/mol. The van der Waals surface area contributed by atoms with Crippen molar-refractivity contribution < 1.29 is 4.42 Å². The topological polar surface area (TPSA) is 16.4 Å². The fraction of sp³-hybridized carbons (Fsp3) is 0.222. The highest BCUT2D eigenvalue weighted by atomic mass is 16.3. The van der Waals surface area contributed by atoms with Crippen LogP contribution in [-0.4, -0.2) is 0 Å². The summed E-state index contributed by atoms with van der Waals surface area (Å²) in [6, 6.07) is 57.1. The number of anilines is 3. The number of benzene rings is 7. The molecule has 8 aromatic rings. The number of hydrogen-bond acceptors (Lipinski definition) is 2. The van der Waals surface area contributed by atoms with Crippen LogP contribution in [0.4, 0.5) is 17.1 Å². The maximum atomic E-state index is 6.46. The number of hydrogen-bond donors (Lipinski definition) is 0. The number of para-hydroxylation sites is 1. The van der Waals surface area contributed by atoms with Gasteiger partial charge in [0.2, 0.25) is 0 Å². The molecule has 2 spiro atoms. The molecule has 0 amide bonds. The van der Waals surface area contributed by atoms with Crippen molar-refractivity contribution in [3.05, 3.63) is 174 Å². The van der Waals surface area contributed by atoms with Gasteiger partial charge in [0, 0.05) is 44.7 Å². The minimum atomic E-state index is -0.0962. The third-order valence-electron chi connectivity index (χ3n) is 16.4. The molecule has 0 bridgehead atoms. The average Bonchev–Trinajstić information content (AvgIpc) is 3.81. The summed E-state index contributed by atoms with van der Waals surface area (Å²) >= 11 is 0. The SMILES string of the molecule is CC1(C)c2ccccc2-c2ccc(N(c3ccc(-c4cccc5c4-c4ccccc4C54C5CC6CC7CC4C675)cc3)c3ccc4c(c3)oc3ccccc34)cc21. The van der Waals surface area contributed by atoms with Gasteiger partial charge in [-0.05, 0) is 146 Å². The van der Waals surface area contributed by atoms with Gasteiger partial charge in [-0.2, -0.15) is 0 Å². The molecule has 4 atom stereocenters. The molecular weight excluding hydrogens is 679 g/mol. The minimum Gasteiger partial charge on any atom is -0.456 e. The lowest BCUT2D eigenvalue weighted by atomic mass is 9.11. The molecule has 7 aromatic carbocycles. The van der Waals surface area contributed by atoms with Crippen LogP contribution in [0.15, 0.2) is 156 Å². The van der Waals surface area contributed by atoms with E-state index in [4.69, 9.17) is 4.42 Å². The Balaban J connectivity index is 0.914. The van der Waals surface area contributed by atoms with Gasteiger partial charge in [0.15, 0.2) is 0 Å². The Morgan fingerprint density at radius 1 is 0.482 bits per heavy atom. The van der Waals surface area contributed by atoms with Crippen LogP contribution in [0.1, 0.15) is 55.4 Å². The van der Waals surface area contributed by atoms with E-state index in [9.17, 15) is 0 Å². The van der Waals surface area contributed by atoms with Crippen LogP contribution >= 0.6 is 0 Å². The lowest BCUT2D eigenvalue weighted by molar-refractivity contribution is -0.412. The van der Waals surface area contributed by atoms with E-state index in [1.165, 1.54) is 63.8 Å². The summed E-state index contributed by atoms with van der Waals surface area (Å²) < 4.78 is 6.46. The van der Waals surface area contributed by atoms with Crippen molar-refractivity contribution in [1.29, 1.82) is 0 Å². The van der Waals surface area contributed by atoms with Gasteiger partial charge in [-0.25, -0.2) is 0 Å². The highest BCUT2D eigenvalue weighted by molar-refractivity contribution is 6.06. The Morgan fingerprint density at radius 2 is 1.11 bits per heavy atom. The molecule has 2 heteroatoms. The molecular formula is C54H41NO. The first-order valence-corrected chi connectivity index (χ1v) is 20.8. The van der Waals surface area contributed by atoms with E-state index in [0.29, 0.717) is 5.41 Å². The smallest absolute Gasteiger partial charge is 0.137 e. The zero-order valence-electron chi connectivity index (χ0n) is 31.7. The third-order valence-corrected chi connectivity index (χ3v) is 16.4. The number of furan rings is 1. The Kier molecular flexibility index (Phi) is 5.38. The van der Waals surface area contributed by atoms with Crippen molar-refractivity contribution in [1.82, 2.24) is 0 Å². The van der Waals surface area contributed by atoms with E-state index in [0.717, 1.165) is 62.7 Å². The largest absolute Gasteiger partial charge is 0.456 e. The van der Waals surface area contributed by atoms with Crippen molar-refractivity contribution >= 4 is 39.0 Å². The van der Waals surface area contributed by atoms with Crippen LogP contribution in [0.5, 0.6) is 0 Å². The zero-order chi connectivity index (χ0) is 36.7. The molecule has 0 N–H and O–H groups in total. The van der Waals surface area contributed by atoms with Crippen LogP contribution in [0.2, 0.25) is 0 Å².